The number of nitrogen functional groups attached to an aromatic ring is 1. The molecule has 4 N–H and O–H groups in total. The van der Waals surface area contributed by atoms with Crippen LogP contribution < -0.4 is 5.73 Å². The van der Waals surface area contributed by atoms with Crippen LogP contribution in [0, 0.1) is 0 Å². The molecule has 0 unspecified atom stereocenters. The Morgan fingerprint density at radius 2 is 2.23 bits per heavy atom. The number of aromatic nitrogens is 5. The van der Waals surface area contributed by atoms with Crippen LogP contribution >= 0.6 is 0 Å². The van der Waals surface area contributed by atoms with Crippen LogP contribution in [0.3, 0.4) is 0 Å². The van der Waals surface area contributed by atoms with Gasteiger partial charge < -0.3 is 20.4 Å². The van der Waals surface area contributed by atoms with Crippen molar-refractivity contribution in [2.75, 3.05) is 26.0 Å². The van der Waals surface area contributed by atoms with Gasteiger partial charge in [-0.3, -0.25) is 9.89 Å². The van der Waals surface area contributed by atoms with E-state index in [1.54, 1.807) is 13.3 Å². The molecule has 5 rings (SSSR count). The quantitative estimate of drug-likeness (QED) is 0.441. The number of anilines is 1. The number of fused-ring (bicyclic) bond motifs is 3. The minimum absolute atomic E-state index is 0.136. The number of ether oxygens (including phenoxy) is 1. The highest BCUT2D eigenvalue weighted by atomic mass is 16.5. The van der Waals surface area contributed by atoms with E-state index in [1.165, 1.54) is 0 Å². The minimum Gasteiger partial charge on any atom is -0.384 e. The van der Waals surface area contributed by atoms with Crippen molar-refractivity contribution >= 4 is 33.7 Å². The molecule has 9 heteroatoms. The summed E-state index contributed by atoms with van der Waals surface area (Å²) in [6, 6.07) is 8.07. The van der Waals surface area contributed by atoms with E-state index >= 15 is 0 Å². The average molecular weight is 419 g/mol. The van der Waals surface area contributed by atoms with E-state index in [4.69, 9.17) is 15.5 Å². The zero-order valence-electron chi connectivity index (χ0n) is 17.4. The van der Waals surface area contributed by atoms with Crippen molar-refractivity contribution < 1.29 is 9.53 Å². The van der Waals surface area contributed by atoms with E-state index in [2.05, 4.69) is 20.2 Å². The van der Waals surface area contributed by atoms with Crippen molar-refractivity contribution in [1.82, 2.24) is 30.0 Å². The molecule has 4 heterocycles. The number of benzene rings is 1. The number of H-pyrrole nitrogens is 2. The lowest BCUT2D eigenvalue weighted by Crippen LogP contribution is -2.37. The van der Waals surface area contributed by atoms with Crippen LogP contribution in [-0.4, -0.2) is 62.3 Å². The van der Waals surface area contributed by atoms with Crippen molar-refractivity contribution in [2.24, 2.45) is 0 Å². The molecule has 4 aromatic rings. The molecule has 9 nitrogen and oxygen atoms in total. The van der Waals surface area contributed by atoms with Crippen molar-refractivity contribution in [3.8, 4) is 11.3 Å². The second-order valence-electron chi connectivity index (χ2n) is 7.93. The van der Waals surface area contributed by atoms with Crippen molar-refractivity contribution in [3.05, 3.63) is 36.3 Å². The van der Waals surface area contributed by atoms with Crippen LogP contribution in [0.25, 0.3) is 33.2 Å². The molecule has 1 aromatic carbocycles. The fourth-order valence-corrected chi connectivity index (χ4v) is 4.43. The smallest absolute Gasteiger partial charge is 0.225 e. The Labute approximate surface area is 179 Å². The number of carbonyl (C=O) groups is 1. The topological polar surface area (TPSA) is 126 Å². The number of imidazole rings is 1. The first-order valence-electron chi connectivity index (χ1n) is 10.5. The second-order valence-corrected chi connectivity index (χ2v) is 7.93. The molecule has 0 spiro atoms. The largest absolute Gasteiger partial charge is 0.384 e. The van der Waals surface area contributed by atoms with Crippen molar-refractivity contribution in [2.45, 2.75) is 31.7 Å². The minimum atomic E-state index is 0.136. The summed E-state index contributed by atoms with van der Waals surface area (Å²) in [4.78, 5) is 27.2. The number of nitrogens with one attached hydrogen (secondary N) is 2. The molecule has 1 aliphatic heterocycles. The first-order valence-corrected chi connectivity index (χ1v) is 10.5. The fourth-order valence-electron chi connectivity index (χ4n) is 4.43. The standard InChI is InChI=1S/C22H25N7O2/c1-31-10-7-19(30)29-9-2-3-14(29)12-18-26-20-15-5-4-13(16-6-8-24-28-16)11-17(15)25-22(23)21(20)27-18/h4-6,8,11,14H,2-3,7,9-10,12H2,1H3,(H2,23,25)(H,24,28)(H,26,27)/t14-/m0/s1. The van der Waals surface area contributed by atoms with Gasteiger partial charge in [-0.1, -0.05) is 6.07 Å². The lowest BCUT2D eigenvalue weighted by Gasteiger charge is -2.24. The van der Waals surface area contributed by atoms with E-state index in [-0.39, 0.29) is 11.9 Å². The number of hydrogen-bond donors (Lipinski definition) is 3. The monoisotopic (exact) mass is 419 g/mol. The summed E-state index contributed by atoms with van der Waals surface area (Å²) < 4.78 is 5.06. The lowest BCUT2D eigenvalue weighted by atomic mass is 10.1. The van der Waals surface area contributed by atoms with Crippen LogP contribution in [0.5, 0.6) is 0 Å². The summed E-state index contributed by atoms with van der Waals surface area (Å²) in [5, 5.41) is 8.03. The number of nitrogens with zero attached hydrogens (tertiary/aromatic N) is 4. The molecule has 1 amide bonds. The SMILES string of the molecule is COCCC(=O)N1CCC[C@H]1Cc1nc2c(N)nc3cc(-c4cc[nH]n4)ccc3c2[nH]1. The maximum atomic E-state index is 12.5. The number of hydrogen-bond acceptors (Lipinski definition) is 6. The second kappa shape index (κ2) is 7.99. The van der Waals surface area contributed by atoms with Gasteiger partial charge in [-0.15, -0.1) is 0 Å². The number of aromatic amines is 2. The Morgan fingerprint density at radius 3 is 3.03 bits per heavy atom. The van der Waals surface area contributed by atoms with Crippen LogP contribution in [0.2, 0.25) is 0 Å². The summed E-state index contributed by atoms with van der Waals surface area (Å²) in [6.45, 7) is 1.23. The van der Waals surface area contributed by atoms with Crippen LogP contribution in [0.15, 0.2) is 30.5 Å². The predicted molar refractivity (Wildman–Crippen MR) is 118 cm³/mol. The molecule has 3 aromatic heterocycles. The Morgan fingerprint density at radius 1 is 1.32 bits per heavy atom. The molecule has 0 bridgehead atoms. The Hall–Kier alpha value is -3.46. The molecular weight excluding hydrogens is 394 g/mol. The number of nitrogens with two attached hydrogens (primary N) is 1. The molecule has 1 atom stereocenters. The van der Waals surface area contributed by atoms with Gasteiger partial charge in [0.15, 0.2) is 5.82 Å². The molecule has 0 aliphatic carbocycles. The molecule has 160 valence electrons. The van der Waals surface area contributed by atoms with Crippen LogP contribution in [0.1, 0.15) is 25.1 Å². The third-order valence-electron chi connectivity index (χ3n) is 5.95. The molecule has 1 fully saturated rings. The highest BCUT2D eigenvalue weighted by Crippen LogP contribution is 2.30. The fraction of sp³-hybridized carbons (Fsp3) is 0.364. The highest BCUT2D eigenvalue weighted by Gasteiger charge is 2.29. The van der Waals surface area contributed by atoms with Gasteiger partial charge in [0.05, 0.1) is 29.8 Å². The van der Waals surface area contributed by atoms with E-state index in [0.717, 1.165) is 52.9 Å². The van der Waals surface area contributed by atoms with Gasteiger partial charge in [0.1, 0.15) is 11.3 Å². The van der Waals surface area contributed by atoms with Gasteiger partial charge in [-0.2, -0.15) is 5.10 Å². The Kier molecular flexibility index (Phi) is 5.03. The molecule has 31 heavy (non-hydrogen) atoms. The van der Waals surface area contributed by atoms with E-state index < -0.39 is 0 Å². The average Bonchev–Trinajstić information content (AvgIpc) is 3.52. The molecule has 0 radical (unpaired) electrons. The zero-order chi connectivity index (χ0) is 21.4. The summed E-state index contributed by atoms with van der Waals surface area (Å²) in [5.41, 5.74) is 10.4. The number of amides is 1. The van der Waals surface area contributed by atoms with Gasteiger partial charge in [0, 0.05) is 43.3 Å². The van der Waals surface area contributed by atoms with Crippen LogP contribution in [-0.2, 0) is 16.0 Å². The molecule has 0 saturated carbocycles. The van der Waals surface area contributed by atoms with E-state index in [1.807, 2.05) is 29.2 Å². The normalized spacial score (nSPS) is 16.5. The maximum absolute atomic E-state index is 12.5. The highest BCUT2D eigenvalue weighted by molar-refractivity contribution is 6.07. The third-order valence-corrected chi connectivity index (χ3v) is 5.95. The van der Waals surface area contributed by atoms with Gasteiger partial charge >= 0.3 is 0 Å². The number of rotatable bonds is 6. The van der Waals surface area contributed by atoms with Gasteiger partial charge in [0.2, 0.25) is 5.91 Å². The first-order chi connectivity index (χ1) is 15.1. The van der Waals surface area contributed by atoms with Crippen LogP contribution in [0.4, 0.5) is 5.82 Å². The number of pyridine rings is 1. The summed E-state index contributed by atoms with van der Waals surface area (Å²) in [6.07, 6.45) is 4.84. The molecule has 1 aliphatic rings. The Balaban J connectivity index is 1.46. The predicted octanol–water partition coefficient (Wildman–Crippen LogP) is 2.65. The van der Waals surface area contributed by atoms with Crippen molar-refractivity contribution in [3.63, 3.8) is 0 Å². The van der Waals surface area contributed by atoms with Gasteiger partial charge in [-0.05, 0) is 31.0 Å². The summed E-state index contributed by atoms with van der Waals surface area (Å²) >= 11 is 0. The maximum Gasteiger partial charge on any atom is 0.225 e. The molecular formula is C22H25N7O2. The lowest BCUT2D eigenvalue weighted by molar-refractivity contribution is -0.132. The van der Waals surface area contributed by atoms with E-state index in [0.29, 0.717) is 30.8 Å². The number of methoxy groups -OCH3 is 1. The van der Waals surface area contributed by atoms with E-state index in [9.17, 15) is 4.79 Å². The van der Waals surface area contributed by atoms with Gasteiger partial charge in [0.25, 0.3) is 0 Å². The molecule has 1 saturated heterocycles. The summed E-state index contributed by atoms with van der Waals surface area (Å²) in [5.74, 6) is 1.35. The zero-order valence-corrected chi connectivity index (χ0v) is 17.4. The van der Waals surface area contributed by atoms with Gasteiger partial charge in [-0.25, -0.2) is 9.97 Å². The Bertz CT molecular complexity index is 1230. The van der Waals surface area contributed by atoms with Crippen molar-refractivity contribution in [1.29, 1.82) is 0 Å². The third kappa shape index (κ3) is 3.61. The number of carbonyl (C=O) groups excluding carboxylic acids is 1. The first kappa shape index (κ1) is 19.5. The number of likely N-dealkylation sites (tertiary alicyclic amines) is 1. The summed E-state index contributed by atoms with van der Waals surface area (Å²) in [7, 11) is 1.61.